The highest BCUT2D eigenvalue weighted by atomic mass is 19.1. The quantitative estimate of drug-likeness (QED) is 0.284. The maximum Gasteiger partial charge on any atom is 0.357 e. The summed E-state index contributed by atoms with van der Waals surface area (Å²) in [7, 11) is 1.48. The van der Waals surface area contributed by atoms with E-state index in [1.54, 1.807) is 72.3 Å². The van der Waals surface area contributed by atoms with Crippen LogP contribution in [-0.2, 0) is 4.74 Å². The number of urea groups is 1. The Labute approximate surface area is 206 Å². The average molecular weight is 490 g/mol. The molecule has 0 aliphatic rings. The number of nitrogens with zero attached hydrogens (tertiary/aromatic N) is 1. The molecule has 184 valence electrons. The fourth-order valence-corrected chi connectivity index (χ4v) is 3.72. The Hall–Kier alpha value is -4.79. The minimum absolute atomic E-state index is 0.00324. The van der Waals surface area contributed by atoms with E-state index in [9.17, 15) is 19.1 Å². The molecular weight excluding hydrogens is 465 g/mol. The molecule has 3 aromatic carbocycles. The van der Waals surface area contributed by atoms with E-state index in [-0.39, 0.29) is 29.4 Å². The normalized spacial score (nSPS) is 10.5. The number of rotatable bonds is 7. The van der Waals surface area contributed by atoms with Gasteiger partial charge in [-0.15, -0.1) is 0 Å². The van der Waals surface area contributed by atoms with Crippen molar-refractivity contribution in [1.29, 1.82) is 0 Å². The number of benzene rings is 3. The van der Waals surface area contributed by atoms with Crippen LogP contribution in [0.25, 0.3) is 16.8 Å². The van der Waals surface area contributed by atoms with E-state index in [2.05, 4.69) is 10.6 Å². The number of ether oxygens (including phenoxy) is 2. The fourth-order valence-electron chi connectivity index (χ4n) is 3.72. The molecule has 4 rings (SSSR count). The van der Waals surface area contributed by atoms with Crippen LogP contribution in [0.2, 0.25) is 0 Å². The molecule has 0 spiro atoms. The lowest BCUT2D eigenvalue weighted by Crippen LogP contribution is -2.22. The van der Waals surface area contributed by atoms with E-state index in [0.29, 0.717) is 17.0 Å². The molecule has 3 N–H and O–H groups in total. The summed E-state index contributed by atoms with van der Waals surface area (Å²) in [5.74, 6) is -0.847. The largest absolute Gasteiger partial charge is 0.504 e. The zero-order valence-corrected chi connectivity index (χ0v) is 19.6. The number of carbonyl (C=O) groups excluding carboxylic acids is 2. The summed E-state index contributed by atoms with van der Waals surface area (Å²) >= 11 is 0. The third-order valence-electron chi connectivity index (χ3n) is 5.40. The van der Waals surface area contributed by atoms with Crippen LogP contribution in [0.4, 0.5) is 20.6 Å². The molecule has 8 nitrogen and oxygen atoms in total. The van der Waals surface area contributed by atoms with Gasteiger partial charge in [-0.25, -0.2) is 14.0 Å². The van der Waals surface area contributed by atoms with Gasteiger partial charge in [0.15, 0.2) is 17.2 Å². The first-order valence-corrected chi connectivity index (χ1v) is 11.1. The number of aromatic nitrogens is 1. The molecule has 9 heteroatoms. The molecule has 0 aliphatic heterocycles. The Balaban J connectivity index is 1.64. The summed E-state index contributed by atoms with van der Waals surface area (Å²) in [6, 6.07) is 18.9. The van der Waals surface area contributed by atoms with Gasteiger partial charge in [0.1, 0.15) is 5.82 Å². The number of nitrogens with one attached hydrogen (secondary N) is 2. The van der Waals surface area contributed by atoms with Gasteiger partial charge in [-0.1, -0.05) is 36.4 Å². The lowest BCUT2D eigenvalue weighted by atomic mass is 10.0. The van der Waals surface area contributed by atoms with Crippen molar-refractivity contribution in [3.63, 3.8) is 0 Å². The van der Waals surface area contributed by atoms with E-state index < -0.39 is 17.8 Å². The van der Waals surface area contributed by atoms with Gasteiger partial charge >= 0.3 is 12.0 Å². The predicted molar refractivity (Wildman–Crippen MR) is 134 cm³/mol. The zero-order valence-electron chi connectivity index (χ0n) is 19.6. The summed E-state index contributed by atoms with van der Waals surface area (Å²) in [6.07, 6.45) is 1.61. The standard InChI is InChI=1S/C27H24FN3O5/c1-3-36-26(33)24-22(30-27(34)29-21-9-5-4-8-20(21)28)15-16-31(24)18-13-11-17(12-14-18)19-7-6-10-23(35-2)25(19)32/h4-16,32H,3H2,1-2H3,(H2,29,30,34). The van der Waals surface area contributed by atoms with E-state index in [1.165, 1.54) is 25.3 Å². The van der Waals surface area contributed by atoms with Crippen molar-refractivity contribution in [3.05, 3.63) is 90.5 Å². The first-order valence-electron chi connectivity index (χ1n) is 11.1. The van der Waals surface area contributed by atoms with E-state index in [0.717, 1.165) is 5.56 Å². The van der Waals surface area contributed by atoms with E-state index >= 15 is 0 Å². The number of para-hydroxylation sites is 2. The fraction of sp³-hybridized carbons (Fsp3) is 0.111. The van der Waals surface area contributed by atoms with Crippen LogP contribution in [0.1, 0.15) is 17.4 Å². The SMILES string of the molecule is CCOC(=O)c1c(NC(=O)Nc2ccccc2F)ccn1-c1ccc(-c2cccc(OC)c2O)cc1. The number of phenols is 1. The number of aromatic hydroxyl groups is 1. The number of esters is 1. The Morgan fingerprint density at radius 1 is 0.944 bits per heavy atom. The molecule has 0 radical (unpaired) electrons. The van der Waals surface area contributed by atoms with Crippen molar-refractivity contribution in [2.75, 3.05) is 24.4 Å². The summed E-state index contributed by atoms with van der Waals surface area (Å²) < 4.78 is 25.9. The molecule has 2 amide bonds. The van der Waals surface area contributed by atoms with Crippen molar-refractivity contribution < 1.29 is 28.6 Å². The Morgan fingerprint density at radius 3 is 2.36 bits per heavy atom. The molecule has 1 aromatic heterocycles. The third kappa shape index (κ3) is 5.00. The summed E-state index contributed by atoms with van der Waals surface area (Å²) in [5, 5.41) is 15.5. The molecule has 0 saturated carbocycles. The van der Waals surface area contributed by atoms with Gasteiger partial charge in [-0.05, 0) is 48.9 Å². The van der Waals surface area contributed by atoms with Crippen molar-refractivity contribution in [1.82, 2.24) is 4.57 Å². The van der Waals surface area contributed by atoms with Crippen LogP contribution in [0.5, 0.6) is 11.5 Å². The van der Waals surface area contributed by atoms with Crippen molar-refractivity contribution in [3.8, 4) is 28.3 Å². The van der Waals surface area contributed by atoms with Crippen LogP contribution in [-0.4, -0.2) is 35.4 Å². The third-order valence-corrected chi connectivity index (χ3v) is 5.40. The Kier molecular flexibility index (Phi) is 7.20. The molecule has 0 unspecified atom stereocenters. The van der Waals surface area contributed by atoms with Crippen molar-refractivity contribution >= 4 is 23.4 Å². The summed E-state index contributed by atoms with van der Waals surface area (Å²) in [6.45, 7) is 1.82. The summed E-state index contributed by atoms with van der Waals surface area (Å²) in [4.78, 5) is 25.3. The number of amides is 2. The predicted octanol–water partition coefficient (Wildman–Crippen LogP) is 5.82. The number of halogens is 1. The molecule has 0 aliphatic carbocycles. The van der Waals surface area contributed by atoms with Crippen LogP contribution >= 0.6 is 0 Å². The average Bonchev–Trinajstić information content (AvgIpc) is 3.29. The van der Waals surface area contributed by atoms with E-state index in [4.69, 9.17) is 9.47 Å². The van der Waals surface area contributed by atoms with Gasteiger partial charge in [0.2, 0.25) is 0 Å². The van der Waals surface area contributed by atoms with Crippen LogP contribution in [0, 0.1) is 5.82 Å². The van der Waals surface area contributed by atoms with Gasteiger partial charge < -0.3 is 29.8 Å². The highest BCUT2D eigenvalue weighted by Crippen LogP contribution is 2.37. The first kappa shape index (κ1) is 24.3. The van der Waals surface area contributed by atoms with Crippen LogP contribution in [0.15, 0.2) is 79.0 Å². The molecule has 0 saturated heterocycles. The van der Waals surface area contributed by atoms with Gasteiger partial charge in [0.05, 0.1) is 25.1 Å². The smallest absolute Gasteiger partial charge is 0.357 e. The van der Waals surface area contributed by atoms with Crippen LogP contribution < -0.4 is 15.4 Å². The number of phenolic OH excluding ortho intramolecular Hbond substituents is 1. The van der Waals surface area contributed by atoms with Gasteiger partial charge in [0, 0.05) is 17.4 Å². The maximum atomic E-state index is 13.9. The second-order valence-electron chi connectivity index (χ2n) is 7.63. The number of anilines is 2. The maximum absolute atomic E-state index is 13.9. The lowest BCUT2D eigenvalue weighted by molar-refractivity contribution is 0.0518. The molecule has 0 atom stereocenters. The molecule has 36 heavy (non-hydrogen) atoms. The molecule has 1 heterocycles. The zero-order chi connectivity index (χ0) is 25.7. The van der Waals surface area contributed by atoms with E-state index in [1.807, 2.05) is 0 Å². The summed E-state index contributed by atoms with van der Waals surface area (Å²) in [5.41, 5.74) is 2.23. The topological polar surface area (TPSA) is 102 Å². The van der Waals surface area contributed by atoms with Gasteiger partial charge in [0.25, 0.3) is 0 Å². The van der Waals surface area contributed by atoms with Crippen molar-refractivity contribution in [2.45, 2.75) is 6.92 Å². The van der Waals surface area contributed by atoms with Gasteiger partial charge in [-0.2, -0.15) is 0 Å². The monoisotopic (exact) mass is 489 g/mol. The Bertz CT molecular complexity index is 1400. The second-order valence-corrected chi connectivity index (χ2v) is 7.63. The number of hydrogen-bond donors (Lipinski definition) is 3. The molecule has 0 fully saturated rings. The highest BCUT2D eigenvalue weighted by Gasteiger charge is 2.21. The number of hydrogen-bond acceptors (Lipinski definition) is 5. The first-order chi connectivity index (χ1) is 17.4. The minimum atomic E-state index is -0.716. The lowest BCUT2D eigenvalue weighted by Gasteiger charge is -2.13. The second kappa shape index (κ2) is 10.6. The van der Waals surface area contributed by atoms with Gasteiger partial charge in [-0.3, -0.25) is 0 Å². The van der Waals surface area contributed by atoms with Crippen molar-refractivity contribution in [2.24, 2.45) is 0 Å². The number of methoxy groups -OCH3 is 1. The van der Waals surface area contributed by atoms with Crippen LogP contribution in [0.3, 0.4) is 0 Å². The molecular formula is C27H24FN3O5. The molecule has 4 aromatic rings. The minimum Gasteiger partial charge on any atom is -0.504 e. The Morgan fingerprint density at radius 2 is 1.67 bits per heavy atom. The number of carbonyl (C=O) groups is 2. The molecule has 0 bridgehead atoms. The highest BCUT2D eigenvalue weighted by molar-refractivity contribution is 6.04.